The minimum atomic E-state index is -4.96. The Morgan fingerprint density at radius 2 is 1.70 bits per heavy atom. The first-order valence-corrected chi connectivity index (χ1v) is 6.44. The highest BCUT2D eigenvalue weighted by atomic mass is 19.4. The van der Waals surface area contributed by atoms with Gasteiger partial charge >= 0.3 is 6.98 Å². The van der Waals surface area contributed by atoms with Crippen LogP contribution in [0.15, 0.2) is 48.5 Å². The van der Waals surface area contributed by atoms with E-state index in [4.69, 9.17) is 4.74 Å². The molecule has 1 nitrogen and oxygen atoms in total. The van der Waals surface area contributed by atoms with Crippen molar-refractivity contribution in [2.24, 2.45) is 0 Å². The number of rotatable bonds is 5. The third kappa shape index (κ3) is 3.79. The van der Waals surface area contributed by atoms with Crippen LogP contribution >= 0.6 is 0 Å². The van der Waals surface area contributed by atoms with E-state index in [9.17, 15) is 12.9 Å². The first-order valence-electron chi connectivity index (χ1n) is 6.44. The van der Waals surface area contributed by atoms with E-state index >= 15 is 0 Å². The second kappa shape index (κ2) is 6.03. The summed E-state index contributed by atoms with van der Waals surface area (Å²) >= 11 is 0. The Hall–Kier alpha value is -1.91. The third-order valence-corrected chi connectivity index (χ3v) is 3.10. The zero-order chi connectivity index (χ0) is 14.6. The van der Waals surface area contributed by atoms with Crippen molar-refractivity contribution in [2.45, 2.75) is 13.3 Å². The molecule has 0 spiro atoms. The molecule has 0 saturated heterocycles. The zero-order valence-electron chi connectivity index (χ0n) is 11.2. The van der Waals surface area contributed by atoms with Crippen molar-refractivity contribution in [3.63, 3.8) is 0 Å². The molecule has 0 fully saturated rings. The molecule has 0 aliphatic heterocycles. The minimum absolute atomic E-state index is 0.203. The molecule has 0 aromatic heterocycles. The van der Waals surface area contributed by atoms with Crippen LogP contribution in [0, 0.1) is 6.92 Å². The molecule has 0 bridgehead atoms. The summed E-state index contributed by atoms with van der Waals surface area (Å²) in [7, 11) is 0. The van der Waals surface area contributed by atoms with Crippen molar-refractivity contribution in [3.8, 4) is 5.75 Å². The molecule has 0 N–H and O–H groups in total. The lowest BCUT2D eigenvalue weighted by Gasteiger charge is -2.18. The van der Waals surface area contributed by atoms with Crippen LogP contribution < -0.4 is 10.2 Å². The molecule has 2 rings (SSSR count). The fraction of sp³-hybridized carbons (Fsp3) is 0.200. The topological polar surface area (TPSA) is 9.23 Å². The van der Waals surface area contributed by atoms with Gasteiger partial charge in [-0.1, -0.05) is 42.0 Å². The number of halogens is 3. The second-order valence-electron chi connectivity index (χ2n) is 4.68. The summed E-state index contributed by atoms with van der Waals surface area (Å²) in [5, 5.41) is 0. The van der Waals surface area contributed by atoms with Crippen molar-refractivity contribution in [1.29, 1.82) is 0 Å². The molecular weight excluding hydrogens is 264 g/mol. The Balaban J connectivity index is 1.96. The molecule has 5 heteroatoms. The van der Waals surface area contributed by atoms with Gasteiger partial charge in [-0.25, -0.2) is 0 Å². The number of hydrogen-bond acceptors (Lipinski definition) is 1. The molecule has 0 heterocycles. The number of ether oxygens (including phenoxy) is 1. The zero-order valence-corrected chi connectivity index (χ0v) is 11.2. The van der Waals surface area contributed by atoms with Crippen LogP contribution in [0.25, 0.3) is 0 Å². The summed E-state index contributed by atoms with van der Waals surface area (Å²) in [4.78, 5) is 0. The SMILES string of the molecule is Cc1cc(OCCc2ccccc2)ccc1[B-](F)(F)F. The predicted molar refractivity (Wildman–Crippen MR) is 75.5 cm³/mol. The Labute approximate surface area is 116 Å². The fourth-order valence-corrected chi connectivity index (χ4v) is 2.04. The highest BCUT2D eigenvalue weighted by Crippen LogP contribution is 2.17. The molecule has 2 aromatic carbocycles. The molecule has 0 radical (unpaired) electrons. The number of aryl methyl sites for hydroxylation is 1. The normalized spacial score (nSPS) is 11.4. The quantitative estimate of drug-likeness (QED) is 0.759. The maximum atomic E-state index is 12.7. The molecule has 0 aliphatic carbocycles. The summed E-state index contributed by atoms with van der Waals surface area (Å²) in [6.07, 6.45) is 0.727. The second-order valence-corrected chi connectivity index (χ2v) is 4.68. The molecular formula is C15H15BF3O-. The standard InChI is InChI=1S/C15H15BF3O/c1-12-11-14(7-8-15(12)16(17,18)19)20-10-9-13-5-3-2-4-6-13/h2-8,11H,9-10H2,1H3/q-1. The van der Waals surface area contributed by atoms with Crippen molar-refractivity contribution >= 4 is 12.4 Å². The van der Waals surface area contributed by atoms with Crippen molar-refractivity contribution in [1.82, 2.24) is 0 Å². The van der Waals surface area contributed by atoms with Gasteiger partial charge in [0, 0.05) is 6.42 Å². The van der Waals surface area contributed by atoms with Crippen LogP contribution in [-0.2, 0) is 6.42 Å². The Kier molecular flexibility index (Phi) is 4.37. The van der Waals surface area contributed by atoms with Gasteiger partial charge in [-0.2, -0.15) is 0 Å². The molecule has 20 heavy (non-hydrogen) atoms. The highest BCUT2D eigenvalue weighted by Gasteiger charge is 2.27. The molecule has 0 saturated carbocycles. The van der Waals surface area contributed by atoms with Crippen molar-refractivity contribution in [3.05, 3.63) is 59.7 Å². The maximum Gasteiger partial charge on any atom is 0.509 e. The highest BCUT2D eigenvalue weighted by molar-refractivity contribution is 6.74. The summed E-state index contributed by atoms with van der Waals surface area (Å²) in [6, 6.07) is 13.7. The molecule has 0 amide bonds. The van der Waals surface area contributed by atoms with E-state index < -0.39 is 12.4 Å². The van der Waals surface area contributed by atoms with Crippen molar-refractivity contribution < 1.29 is 17.7 Å². The summed E-state index contributed by atoms with van der Waals surface area (Å²) in [6.45, 7) is -3.06. The summed E-state index contributed by atoms with van der Waals surface area (Å²) in [5.41, 5.74) is 0.787. The lowest BCUT2D eigenvalue weighted by molar-refractivity contribution is 0.322. The number of benzene rings is 2. The molecule has 2 aromatic rings. The van der Waals surface area contributed by atoms with Gasteiger partial charge in [0.15, 0.2) is 0 Å². The minimum Gasteiger partial charge on any atom is -0.493 e. The smallest absolute Gasteiger partial charge is 0.493 e. The molecule has 0 aliphatic rings. The van der Waals surface area contributed by atoms with Crippen LogP contribution in [0.1, 0.15) is 11.1 Å². The van der Waals surface area contributed by atoms with E-state index in [1.165, 1.54) is 19.1 Å². The van der Waals surface area contributed by atoms with Crippen LogP contribution in [0.5, 0.6) is 5.75 Å². The van der Waals surface area contributed by atoms with E-state index in [-0.39, 0.29) is 5.56 Å². The Bertz CT molecular complexity index is 567. The average molecular weight is 279 g/mol. The number of hydrogen-bond donors (Lipinski definition) is 0. The maximum absolute atomic E-state index is 12.7. The van der Waals surface area contributed by atoms with Gasteiger partial charge in [0.1, 0.15) is 5.75 Å². The van der Waals surface area contributed by atoms with E-state index in [2.05, 4.69) is 0 Å². The van der Waals surface area contributed by atoms with E-state index in [1.54, 1.807) is 0 Å². The summed E-state index contributed by atoms with van der Waals surface area (Å²) in [5.74, 6) is 0.474. The predicted octanol–water partition coefficient (Wildman–Crippen LogP) is 3.67. The third-order valence-electron chi connectivity index (χ3n) is 3.10. The van der Waals surface area contributed by atoms with Gasteiger partial charge in [-0.15, -0.1) is 5.46 Å². The first-order chi connectivity index (χ1) is 9.47. The fourth-order valence-electron chi connectivity index (χ4n) is 2.04. The van der Waals surface area contributed by atoms with E-state index in [1.807, 2.05) is 30.3 Å². The lowest BCUT2D eigenvalue weighted by Crippen LogP contribution is -2.35. The molecule has 0 unspecified atom stereocenters. The largest absolute Gasteiger partial charge is 0.509 e. The average Bonchev–Trinajstić information content (AvgIpc) is 2.38. The molecule has 106 valence electrons. The van der Waals surface area contributed by atoms with Gasteiger partial charge < -0.3 is 17.7 Å². The Morgan fingerprint density at radius 1 is 1.00 bits per heavy atom. The van der Waals surface area contributed by atoms with Gasteiger partial charge in [0.05, 0.1) is 6.61 Å². The van der Waals surface area contributed by atoms with Gasteiger partial charge in [0.2, 0.25) is 0 Å². The monoisotopic (exact) mass is 279 g/mol. The van der Waals surface area contributed by atoms with Gasteiger partial charge in [0.25, 0.3) is 0 Å². The van der Waals surface area contributed by atoms with Gasteiger partial charge in [-0.05, 0) is 24.6 Å². The first kappa shape index (κ1) is 14.5. The van der Waals surface area contributed by atoms with Crippen molar-refractivity contribution in [2.75, 3.05) is 6.61 Å². The lowest BCUT2D eigenvalue weighted by atomic mass is 9.77. The van der Waals surface area contributed by atoms with Crippen LogP contribution in [-0.4, -0.2) is 13.6 Å². The van der Waals surface area contributed by atoms with Crippen LogP contribution in [0.4, 0.5) is 12.9 Å². The van der Waals surface area contributed by atoms with E-state index in [0.29, 0.717) is 12.4 Å². The molecule has 0 atom stereocenters. The van der Waals surface area contributed by atoms with Gasteiger partial charge in [-0.3, -0.25) is 0 Å². The summed E-state index contributed by atoms with van der Waals surface area (Å²) < 4.78 is 43.5. The van der Waals surface area contributed by atoms with Crippen LogP contribution in [0.3, 0.4) is 0 Å². The van der Waals surface area contributed by atoms with Crippen LogP contribution in [0.2, 0.25) is 0 Å². The van der Waals surface area contributed by atoms with E-state index in [0.717, 1.165) is 18.1 Å². The Morgan fingerprint density at radius 3 is 2.30 bits per heavy atom.